The van der Waals surface area contributed by atoms with Crippen LogP contribution >= 0.6 is 0 Å². The molecule has 0 aromatic carbocycles. The van der Waals surface area contributed by atoms with E-state index in [-0.39, 0.29) is 23.6 Å². The molecule has 1 N–H and O–H groups in total. The molecule has 4 heteroatoms. The van der Waals surface area contributed by atoms with Gasteiger partial charge in [0.25, 0.3) is 0 Å². The van der Waals surface area contributed by atoms with E-state index in [0.717, 1.165) is 32.1 Å². The molecule has 1 aliphatic carbocycles. The molecule has 0 saturated heterocycles. The average molecular weight is 360 g/mol. The number of aliphatic hydroxyl groups is 1. The van der Waals surface area contributed by atoms with Gasteiger partial charge in [-0.25, -0.2) is 4.79 Å². The van der Waals surface area contributed by atoms with Crippen LogP contribution in [0.3, 0.4) is 0 Å². The number of aliphatic hydroxyl groups excluding tert-OH is 1. The van der Waals surface area contributed by atoms with E-state index in [1.807, 2.05) is 24.3 Å². The topological polar surface area (TPSA) is 63.6 Å². The molecule has 0 aliphatic heterocycles. The monoisotopic (exact) mass is 360 g/mol. The number of carbonyl (C=O) groups excluding carboxylic acids is 2. The van der Waals surface area contributed by atoms with Gasteiger partial charge >= 0.3 is 5.97 Å². The van der Waals surface area contributed by atoms with Crippen molar-refractivity contribution < 1.29 is 19.4 Å². The van der Waals surface area contributed by atoms with Gasteiger partial charge in [0, 0.05) is 12.0 Å². The Morgan fingerprint density at radius 3 is 2.81 bits per heavy atom. The van der Waals surface area contributed by atoms with Gasteiger partial charge in [-0.15, -0.1) is 0 Å². The minimum Gasteiger partial charge on any atom is -0.463 e. The zero-order valence-electron chi connectivity index (χ0n) is 16.0. The van der Waals surface area contributed by atoms with Crippen LogP contribution in [0.15, 0.2) is 48.6 Å². The summed E-state index contributed by atoms with van der Waals surface area (Å²) in [6.45, 7) is 4.29. The highest BCUT2D eigenvalue weighted by Crippen LogP contribution is 2.27. The molecule has 0 saturated carbocycles. The van der Waals surface area contributed by atoms with Crippen molar-refractivity contribution in [1.82, 2.24) is 0 Å². The van der Waals surface area contributed by atoms with Crippen molar-refractivity contribution in [3.8, 4) is 0 Å². The summed E-state index contributed by atoms with van der Waals surface area (Å²) < 4.78 is 4.81. The summed E-state index contributed by atoms with van der Waals surface area (Å²) in [5, 5.41) is 9.99. The van der Waals surface area contributed by atoms with Crippen LogP contribution < -0.4 is 0 Å². The summed E-state index contributed by atoms with van der Waals surface area (Å²) in [7, 11) is 0. The van der Waals surface area contributed by atoms with E-state index in [1.54, 1.807) is 25.2 Å². The molecule has 0 heterocycles. The van der Waals surface area contributed by atoms with Gasteiger partial charge in [0.1, 0.15) is 0 Å². The molecule has 4 nitrogen and oxygen atoms in total. The summed E-state index contributed by atoms with van der Waals surface area (Å²) in [5.41, 5.74) is 0. The van der Waals surface area contributed by atoms with Crippen LogP contribution in [-0.4, -0.2) is 29.6 Å². The van der Waals surface area contributed by atoms with Gasteiger partial charge in [-0.3, -0.25) is 4.79 Å². The van der Waals surface area contributed by atoms with Gasteiger partial charge < -0.3 is 9.84 Å². The Kier molecular flexibility index (Phi) is 11.3. The molecule has 1 aliphatic rings. The second kappa shape index (κ2) is 13.3. The predicted molar refractivity (Wildman–Crippen MR) is 105 cm³/mol. The molecule has 0 amide bonds. The van der Waals surface area contributed by atoms with Crippen molar-refractivity contribution in [2.24, 2.45) is 11.8 Å². The molecular formula is C22H32O4. The zero-order valence-corrected chi connectivity index (χ0v) is 16.0. The molecule has 0 unspecified atom stereocenters. The van der Waals surface area contributed by atoms with E-state index in [9.17, 15) is 14.7 Å². The van der Waals surface area contributed by atoms with Crippen molar-refractivity contribution >= 4 is 11.8 Å². The minimum atomic E-state index is -0.473. The molecule has 0 aromatic heterocycles. The van der Waals surface area contributed by atoms with Crippen LogP contribution in [0, 0.1) is 11.8 Å². The second-order valence-electron chi connectivity index (χ2n) is 6.50. The SMILES string of the molecule is CCCCC[C@H](O)C=C[C@H]1C(=O)C=C[C@@H]1CC=CCC=CC(=O)OCC. The predicted octanol–water partition coefficient (Wildman–Crippen LogP) is 4.31. The molecule has 0 bridgehead atoms. The molecule has 3 atom stereocenters. The third-order valence-corrected chi connectivity index (χ3v) is 4.33. The zero-order chi connectivity index (χ0) is 19.2. The van der Waals surface area contributed by atoms with E-state index in [1.165, 1.54) is 6.08 Å². The molecule has 0 aromatic rings. The fraction of sp³-hybridized carbons (Fsp3) is 0.545. The third kappa shape index (κ3) is 8.95. The number of allylic oxidation sites excluding steroid dienone is 6. The Morgan fingerprint density at radius 2 is 2.08 bits per heavy atom. The van der Waals surface area contributed by atoms with Crippen molar-refractivity contribution in [1.29, 1.82) is 0 Å². The van der Waals surface area contributed by atoms with Crippen molar-refractivity contribution in [3.05, 3.63) is 48.6 Å². The lowest BCUT2D eigenvalue weighted by Crippen LogP contribution is -2.14. The lowest BCUT2D eigenvalue weighted by molar-refractivity contribution is -0.137. The Bertz CT molecular complexity index is 542. The van der Waals surface area contributed by atoms with Gasteiger partial charge in [-0.05, 0) is 38.2 Å². The Hall–Kier alpha value is -1.94. The van der Waals surface area contributed by atoms with Crippen molar-refractivity contribution in [2.75, 3.05) is 6.61 Å². The first-order valence-electron chi connectivity index (χ1n) is 9.65. The summed E-state index contributed by atoms with van der Waals surface area (Å²) in [4.78, 5) is 23.2. The molecule has 144 valence electrons. The van der Waals surface area contributed by atoms with Gasteiger partial charge in [0.15, 0.2) is 5.78 Å². The lowest BCUT2D eigenvalue weighted by Gasteiger charge is -2.13. The highest BCUT2D eigenvalue weighted by Gasteiger charge is 2.26. The quantitative estimate of drug-likeness (QED) is 0.244. The normalized spacial score (nSPS) is 21.4. The molecule has 0 spiro atoms. The van der Waals surface area contributed by atoms with Gasteiger partial charge in [-0.2, -0.15) is 0 Å². The maximum absolute atomic E-state index is 12.0. The number of rotatable bonds is 12. The van der Waals surface area contributed by atoms with E-state index >= 15 is 0 Å². The van der Waals surface area contributed by atoms with Crippen LogP contribution in [0.25, 0.3) is 0 Å². The number of carbonyl (C=O) groups is 2. The van der Waals surface area contributed by atoms with Crippen molar-refractivity contribution in [3.63, 3.8) is 0 Å². The Balaban J connectivity index is 2.40. The molecular weight excluding hydrogens is 328 g/mol. The summed E-state index contributed by atoms with van der Waals surface area (Å²) in [5.74, 6) is -0.280. The van der Waals surface area contributed by atoms with Crippen LogP contribution in [0.4, 0.5) is 0 Å². The summed E-state index contributed by atoms with van der Waals surface area (Å²) in [6.07, 6.45) is 19.3. The maximum atomic E-state index is 12.0. The fourth-order valence-electron chi connectivity index (χ4n) is 2.85. The van der Waals surface area contributed by atoms with E-state index < -0.39 is 6.10 Å². The highest BCUT2D eigenvalue weighted by molar-refractivity contribution is 5.95. The molecule has 0 fully saturated rings. The first-order valence-corrected chi connectivity index (χ1v) is 9.65. The summed E-state index contributed by atoms with van der Waals surface area (Å²) >= 11 is 0. The number of ketones is 1. The average Bonchev–Trinajstić information content (AvgIpc) is 2.96. The smallest absolute Gasteiger partial charge is 0.330 e. The number of ether oxygens (including phenoxy) is 1. The summed E-state index contributed by atoms with van der Waals surface area (Å²) in [6, 6.07) is 0. The van der Waals surface area contributed by atoms with Crippen LogP contribution in [-0.2, 0) is 14.3 Å². The molecule has 1 rings (SSSR count). The first-order chi connectivity index (χ1) is 12.6. The minimum absolute atomic E-state index is 0.0996. The van der Waals surface area contributed by atoms with Gasteiger partial charge in [-0.1, -0.05) is 62.6 Å². The lowest BCUT2D eigenvalue weighted by atomic mass is 9.90. The van der Waals surface area contributed by atoms with Crippen LogP contribution in [0.5, 0.6) is 0 Å². The number of hydrogen-bond donors (Lipinski definition) is 1. The fourth-order valence-corrected chi connectivity index (χ4v) is 2.85. The number of esters is 1. The molecule has 0 radical (unpaired) electrons. The number of unbranched alkanes of at least 4 members (excludes halogenated alkanes) is 2. The van der Waals surface area contributed by atoms with Gasteiger partial charge in [0.05, 0.1) is 12.7 Å². The first kappa shape index (κ1) is 22.1. The Labute approximate surface area is 157 Å². The maximum Gasteiger partial charge on any atom is 0.330 e. The van der Waals surface area contributed by atoms with Crippen LogP contribution in [0.2, 0.25) is 0 Å². The third-order valence-electron chi connectivity index (χ3n) is 4.33. The van der Waals surface area contributed by atoms with E-state index in [4.69, 9.17) is 4.74 Å². The Morgan fingerprint density at radius 1 is 1.27 bits per heavy atom. The van der Waals surface area contributed by atoms with E-state index in [2.05, 4.69) is 6.92 Å². The number of hydrogen-bond acceptors (Lipinski definition) is 4. The van der Waals surface area contributed by atoms with E-state index in [0.29, 0.717) is 13.0 Å². The largest absolute Gasteiger partial charge is 0.463 e. The second-order valence-corrected chi connectivity index (χ2v) is 6.50. The van der Waals surface area contributed by atoms with Gasteiger partial charge in [0.2, 0.25) is 0 Å². The van der Waals surface area contributed by atoms with Crippen molar-refractivity contribution in [2.45, 2.75) is 58.5 Å². The standard InChI is InChI=1S/C22H32O4/c1-3-5-8-12-19(23)15-16-20-18(14-17-21(20)24)11-9-6-7-10-13-22(25)26-4-2/h6,9-10,13-20,23H,3-5,7-8,11-12H2,1-2H3/t18-,19-,20+/m0/s1. The van der Waals surface area contributed by atoms with Crippen LogP contribution in [0.1, 0.15) is 52.4 Å². The molecule has 26 heavy (non-hydrogen) atoms. The highest BCUT2D eigenvalue weighted by atomic mass is 16.5.